The van der Waals surface area contributed by atoms with Crippen LogP contribution in [0.4, 0.5) is 0 Å². The molecule has 0 radical (unpaired) electrons. The second-order valence-electron chi connectivity index (χ2n) is 18.4. The quantitative estimate of drug-likeness (QED) is 0.163. The van der Waals surface area contributed by atoms with Gasteiger partial charge in [0.15, 0.2) is 0 Å². The van der Waals surface area contributed by atoms with Crippen molar-refractivity contribution in [3.63, 3.8) is 0 Å². The van der Waals surface area contributed by atoms with Crippen LogP contribution in [0.25, 0.3) is 99.4 Å². The van der Waals surface area contributed by atoms with Gasteiger partial charge in [0.05, 0.1) is 0 Å². The van der Waals surface area contributed by atoms with E-state index in [9.17, 15) is 0 Å². The number of hydrogen-bond donors (Lipinski definition) is 0. The Kier molecular flexibility index (Phi) is 8.03. The highest BCUT2D eigenvalue weighted by atomic mass is 14.4. The third-order valence-corrected chi connectivity index (χ3v) is 14.3. The van der Waals surface area contributed by atoms with Gasteiger partial charge in [-0.05, 0) is 146 Å². The fourth-order valence-electron chi connectivity index (χ4n) is 11.0. The molecule has 0 saturated heterocycles. The van der Waals surface area contributed by atoms with Crippen LogP contribution in [0.2, 0.25) is 0 Å². The lowest BCUT2D eigenvalue weighted by Crippen LogP contribution is -2.15. The van der Waals surface area contributed by atoms with Crippen LogP contribution in [0.3, 0.4) is 0 Å². The summed E-state index contributed by atoms with van der Waals surface area (Å²) in [6.07, 6.45) is 0. The van der Waals surface area contributed by atoms with Crippen molar-refractivity contribution in [2.45, 2.75) is 38.5 Å². The number of rotatable bonds is 5. The van der Waals surface area contributed by atoms with Crippen molar-refractivity contribution in [2.75, 3.05) is 0 Å². The molecular formula is C62H46. The standard InChI is InChI=1S/C62H46/c1-61(2)57-35-41(27-31-53(57)55-33-29-43(37-59(55)61)47-21-9-11-23-49(47)51-25-13-17-39-15-5-7-19-45(39)51)42-28-32-54-56-34-30-44(38-60(56)62(3,4)58(54)36-42)48-22-10-12-24-50(48)52-26-14-18-40-16-6-8-20-46(40)52/h5-38H,1-4H3. The van der Waals surface area contributed by atoms with E-state index >= 15 is 0 Å². The molecule has 0 fully saturated rings. The number of fused-ring (bicyclic) bond motifs is 8. The van der Waals surface area contributed by atoms with E-state index in [2.05, 4.69) is 234 Å². The Hall–Kier alpha value is -7.28. The van der Waals surface area contributed by atoms with Gasteiger partial charge < -0.3 is 0 Å². The summed E-state index contributed by atoms with van der Waals surface area (Å²) in [6, 6.07) is 77.2. The number of benzene rings is 10. The van der Waals surface area contributed by atoms with Gasteiger partial charge >= 0.3 is 0 Å². The van der Waals surface area contributed by atoms with Crippen LogP contribution in [0.5, 0.6) is 0 Å². The molecular weight excluding hydrogens is 745 g/mol. The van der Waals surface area contributed by atoms with Gasteiger partial charge in [0.2, 0.25) is 0 Å². The molecule has 62 heavy (non-hydrogen) atoms. The summed E-state index contributed by atoms with van der Waals surface area (Å²) >= 11 is 0. The summed E-state index contributed by atoms with van der Waals surface area (Å²) in [6.45, 7) is 9.61. The van der Waals surface area contributed by atoms with Crippen molar-refractivity contribution in [1.82, 2.24) is 0 Å². The molecule has 0 aromatic heterocycles. The zero-order chi connectivity index (χ0) is 41.7. The molecule has 0 saturated carbocycles. The van der Waals surface area contributed by atoms with Crippen molar-refractivity contribution >= 4 is 21.5 Å². The van der Waals surface area contributed by atoms with Crippen LogP contribution in [0, 0.1) is 0 Å². The highest BCUT2D eigenvalue weighted by Crippen LogP contribution is 2.54. The van der Waals surface area contributed by atoms with Gasteiger partial charge in [-0.25, -0.2) is 0 Å². The first kappa shape index (κ1) is 36.6. The first-order valence-electron chi connectivity index (χ1n) is 22.0. The van der Waals surface area contributed by atoms with E-state index in [1.54, 1.807) is 0 Å². The molecule has 12 rings (SSSR count). The van der Waals surface area contributed by atoms with Gasteiger partial charge in [-0.2, -0.15) is 0 Å². The van der Waals surface area contributed by atoms with Crippen LogP contribution in [-0.4, -0.2) is 0 Å². The van der Waals surface area contributed by atoms with Crippen LogP contribution < -0.4 is 0 Å². The first-order chi connectivity index (χ1) is 30.3. The lowest BCUT2D eigenvalue weighted by Gasteiger charge is -2.24. The normalized spacial score (nSPS) is 14.1. The third kappa shape index (κ3) is 5.46. The molecule has 2 aliphatic rings. The van der Waals surface area contributed by atoms with E-state index in [4.69, 9.17) is 0 Å². The average molecular weight is 791 g/mol. The Bertz CT molecular complexity index is 3220. The zero-order valence-corrected chi connectivity index (χ0v) is 35.6. The monoisotopic (exact) mass is 790 g/mol. The minimum atomic E-state index is -0.157. The predicted molar refractivity (Wildman–Crippen MR) is 264 cm³/mol. The molecule has 0 amide bonds. The molecule has 0 nitrogen and oxygen atoms in total. The molecule has 0 spiro atoms. The molecule has 10 aromatic carbocycles. The van der Waals surface area contributed by atoms with E-state index in [0.717, 1.165) is 0 Å². The van der Waals surface area contributed by atoms with Crippen LogP contribution in [0.15, 0.2) is 206 Å². The smallest absolute Gasteiger partial charge is 0.0159 e. The van der Waals surface area contributed by atoms with Gasteiger partial charge in [0.25, 0.3) is 0 Å². The summed E-state index contributed by atoms with van der Waals surface area (Å²) in [5, 5.41) is 5.10. The minimum Gasteiger partial charge on any atom is -0.0616 e. The summed E-state index contributed by atoms with van der Waals surface area (Å²) < 4.78 is 0. The molecule has 0 heterocycles. The van der Waals surface area contributed by atoms with Gasteiger partial charge in [0, 0.05) is 10.8 Å². The van der Waals surface area contributed by atoms with E-state index < -0.39 is 0 Å². The molecule has 294 valence electrons. The van der Waals surface area contributed by atoms with Crippen LogP contribution >= 0.6 is 0 Å². The molecule has 0 bridgehead atoms. The van der Waals surface area contributed by atoms with Crippen molar-refractivity contribution in [1.29, 1.82) is 0 Å². The summed E-state index contributed by atoms with van der Waals surface area (Å²) in [5.74, 6) is 0. The largest absolute Gasteiger partial charge is 0.0616 e. The lowest BCUT2D eigenvalue weighted by molar-refractivity contribution is 0.660. The first-order valence-corrected chi connectivity index (χ1v) is 22.0. The molecule has 10 aromatic rings. The molecule has 2 aliphatic carbocycles. The maximum Gasteiger partial charge on any atom is 0.0159 e. The predicted octanol–water partition coefficient (Wildman–Crippen LogP) is 16.9. The molecule has 0 aliphatic heterocycles. The second kappa shape index (κ2) is 13.6. The third-order valence-electron chi connectivity index (χ3n) is 14.3. The highest BCUT2D eigenvalue weighted by Gasteiger charge is 2.38. The molecule has 0 N–H and O–H groups in total. The lowest BCUT2D eigenvalue weighted by atomic mass is 9.79. The Morgan fingerprint density at radius 3 is 0.919 bits per heavy atom. The van der Waals surface area contributed by atoms with Crippen LogP contribution in [0.1, 0.15) is 49.9 Å². The summed E-state index contributed by atoms with van der Waals surface area (Å²) in [7, 11) is 0. The Balaban J connectivity index is 0.887. The SMILES string of the molecule is CC1(C)c2cc(-c3ccc4c(c3)C(C)(C)c3cc(-c5ccccc5-c5cccc6ccccc56)ccc3-4)ccc2-c2ccc(-c3ccccc3-c3cccc4ccccc34)cc21. The zero-order valence-electron chi connectivity index (χ0n) is 35.6. The van der Waals surface area contributed by atoms with Crippen molar-refractivity contribution in [3.8, 4) is 77.9 Å². The van der Waals surface area contributed by atoms with Gasteiger partial charge in [-0.15, -0.1) is 0 Å². The fraction of sp³-hybridized carbons (Fsp3) is 0.0968. The number of hydrogen-bond acceptors (Lipinski definition) is 0. The maximum absolute atomic E-state index is 2.47. The van der Waals surface area contributed by atoms with Crippen molar-refractivity contribution < 1.29 is 0 Å². The Morgan fingerprint density at radius 1 is 0.226 bits per heavy atom. The van der Waals surface area contributed by atoms with Crippen LogP contribution in [-0.2, 0) is 10.8 Å². The second-order valence-corrected chi connectivity index (χ2v) is 18.4. The van der Waals surface area contributed by atoms with E-state index in [1.807, 2.05) is 0 Å². The fourth-order valence-corrected chi connectivity index (χ4v) is 11.0. The summed E-state index contributed by atoms with van der Waals surface area (Å²) in [5.41, 5.74) is 23.3. The minimum absolute atomic E-state index is 0.157. The topological polar surface area (TPSA) is 0 Å². The average Bonchev–Trinajstić information content (AvgIpc) is 3.69. The van der Waals surface area contributed by atoms with Gasteiger partial charge in [-0.3, -0.25) is 0 Å². The highest BCUT2D eigenvalue weighted by molar-refractivity contribution is 6.02. The molecule has 0 heteroatoms. The molecule has 0 atom stereocenters. The van der Waals surface area contributed by atoms with Crippen molar-refractivity contribution in [2.24, 2.45) is 0 Å². The van der Waals surface area contributed by atoms with Gasteiger partial charge in [0.1, 0.15) is 0 Å². The van der Waals surface area contributed by atoms with Gasteiger partial charge in [-0.1, -0.05) is 210 Å². The maximum atomic E-state index is 2.47. The Labute approximate surface area is 364 Å². The van der Waals surface area contributed by atoms with Crippen molar-refractivity contribution in [3.05, 3.63) is 229 Å². The van der Waals surface area contributed by atoms with E-state index in [1.165, 1.54) is 122 Å². The summed E-state index contributed by atoms with van der Waals surface area (Å²) in [4.78, 5) is 0. The van der Waals surface area contributed by atoms with E-state index in [-0.39, 0.29) is 10.8 Å². The van der Waals surface area contributed by atoms with E-state index in [0.29, 0.717) is 0 Å². The molecule has 0 unspecified atom stereocenters. The Morgan fingerprint density at radius 2 is 0.516 bits per heavy atom.